The fraction of sp³-hybridized carbons (Fsp3) is 0.636. The Hall–Kier alpha value is -0.520. The predicted octanol–water partition coefficient (Wildman–Crippen LogP) is 3.70. The largest absolute Gasteiger partial charge is 0.0813 e. The van der Waals surface area contributed by atoms with Gasteiger partial charge < -0.3 is 0 Å². The van der Waals surface area contributed by atoms with Gasteiger partial charge in [0.15, 0.2) is 0 Å². The quantitative estimate of drug-likeness (QED) is 0.563. The fourth-order valence-corrected chi connectivity index (χ4v) is 1.51. The molecular weight excluding hydrogens is 132 g/mol. The molecule has 0 fully saturated rings. The van der Waals surface area contributed by atoms with E-state index in [0.717, 1.165) is 5.92 Å². The third kappa shape index (κ3) is 2.53. The molecule has 0 bridgehead atoms. The Labute approximate surface area is 70.0 Å². The van der Waals surface area contributed by atoms with Crippen LogP contribution in [-0.2, 0) is 0 Å². The number of hydrogen-bond acceptors (Lipinski definition) is 0. The third-order valence-corrected chi connectivity index (χ3v) is 2.46. The third-order valence-electron chi connectivity index (χ3n) is 2.46. The highest BCUT2D eigenvalue weighted by Crippen LogP contribution is 2.19. The highest BCUT2D eigenvalue weighted by molar-refractivity contribution is 5.20. The summed E-state index contributed by atoms with van der Waals surface area (Å²) in [6, 6.07) is 0. The summed E-state index contributed by atoms with van der Waals surface area (Å²) < 4.78 is 0. The maximum atomic E-state index is 2.38. The first kappa shape index (κ1) is 8.58. The lowest BCUT2D eigenvalue weighted by molar-refractivity contribution is 0.582. The Morgan fingerprint density at radius 2 is 2.27 bits per heavy atom. The molecule has 11 heavy (non-hydrogen) atoms. The SMILES string of the molecule is CCC1=CCCC(CC)C=C1. The van der Waals surface area contributed by atoms with Crippen LogP contribution in [0.3, 0.4) is 0 Å². The van der Waals surface area contributed by atoms with Crippen LogP contribution in [0.2, 0.25) is 0 Å². The molecule has 0 radical (unpaired) electrons. The van der Waals surface area contributed by atoms with E-state index in [0.29, 0.717) is 0 Å². The summed E-state index contributed by atoms with van der Waals surface area (Å²) in [4.78, 5) is 0. The Kier molecular flexibility index (Phi) is 3.41. The molecule has 0 saturated carbocycles. The van der Waals surface area contributed by atoms with Crippen molar-refractivity contribution in [3.05, 3.63) is 23.8 Å². The zero-order chi connectivity index (χ0) is 8.10. The van der Waals surface area contributed by atoms with Gasteiger partial charge in [0.1, 0.15) is 0 Å². The highest BCUT2D eigenvalue weighted by atomic mass is 14.1. The van der Waals surface area contributed by atoms with Crippen molar-refractivity contribution in [3.8, 4) is 0 Å². The minimum atomic E-state index is 0.829. The average molecular weight is 150 g/mol. The number of allylic oxidation sites excluding steroid dienone is 4. The van der Waals surface area contributed by atoms with Crippen LogP contribution in [0.15, 0.2) is 23.8 Å². The summed E-state index contributed by atoms with van der Waals surface area (Å²) in [6.45, 7) is 4.49. The molecule has 1 aliphatic carbocycles. The van der Waals surface area contributed by atoms with E-state index in [4.69, 9.17) is 0 Å². The Morgan fingerprint density at radius 3 is 2.91 bits per heavy atom. The lowest BCUT2D eigenvalue weighted by atomic mass is 10.0. The van der Waals surface area contributed by atoms with E-state index in [2.05, 4.69) is 32.1 Å². The molecule has 0 saturated heterocycles. The second-order valence-corrected chi connectivity index (χ2v) is 3.24. The molecule has 0 heterocycles. The van der Waals surface area contributed by atoms with Crippen LogP contribution in [0, 0.1) is 5.92 Å². The minimum absolute atomic E-state index is 0.829. The molecule has 0 aliphatic heterocycles. The van der Waals surface area contributed by atoms with E-state index in [-0.39, 0.29) is 0 Å². The molecule has 0 amide bonds. The van der Waals surface area contributed by atoms with Crippen LogP contribution in [-0.4, -0.2) is 0 Å². The topological polar surface area (TPSA) is 0 Å². The second kappa shape index (κ2) is 4.38. The molecule has 1 unspecified atom stereocenters. The van der Waals surface area contributed by atoms with E-state index >= 15 is 0 Å². The van der Waals surface area contributed by atoms with Crippen molar-refractivity contribution < 1.29 is 0 Å². The summed E-state index contributed by atoms with van der Waals surface area (Å²) in [5, 5.41) is 0. The van der Waals surface area contributed by atoms with Crippen LogP contribution < -0.4 is 0 Å². The second-order valence-electron chi connectivity index (χ2n) is 3.24. The minimum Gasteiger partial charge on any atom is -0.0813 e. The van der Waals surface area contributed by atoms with Crippen molar-refractivity contribution in [3.63, 3.8) is 0 Å². The summed E-state index contributed by atoms with van der Waals surface area (Å²) in [6.07, 6.45) is 12.2. The first-order valence-corrected chi connectivity index (χ1v) is 4.74. The van der Waals surface area contributed by atoms with Crippen LogP contribution in [0.25, 0.3) is 0 Å². The number of rotatable bonds is 2. The zero-order valence-electron chi connectivity index (χ0n) is 7.64. The maximum absolute atomic E-state index is 2.38. The van der Waals surface area contributed by atoms with Crippen molar-refractivity contribution in [2.75, 3.05) is 0 Å². The summed E-state index contributed by atoms with van der Waals surface area (Å²) in [5.74, 6) is 0.829. The molecule has 1 rings (SSSR count). The van der Waals surface area contributed by atoms with Crippen LogP contribution in [0.4, 0.5) is 0 Å². The van der Waals surface area contributed by atoms with Crippen molar-refractivity contribution >= 4 is 0 Å². The van der Waals surface area contributed by atoms with Crippen molar-refractivity contribution in [1.29, 1.82) is 0 Å². The standard InChI is InChI=1S/C11H18/c1-3-10-6-5-7-11(4-2)9-8-10/h6,8-9,11H,3-5,7H2,1-2H3. The van der Waals surface area contributed by atoms with Crippen LogP contribution in [0.5, 0.6) is 0 Å². The van der Waals surface area contributed by atoms with Crippen molar-refractivity contribution in [2.24, 2.45) is 5.92 Å². The maximum Gasteiger partial charge on any atom is -0.0230 e. The van der Waals surface area contributed by atoms with Crippen LogP contribution in [0.1, 0.15) is 39.5 Å². The van der Waals surface area contributed by atoms with Gasteiger partial charge in [0.05, 0.1) is 0 Å². The lowest BCUT2D eigenvalue weighted by Gasteiger charge is -2.04. The van der Waals surface area contributed by atoms with Gasteiger partial charge in [-0.1, -0.05) is 37.6 Å². The molecule has 0 aromatic heterocycles. The molecule has 0 spiro atoms. The van der Waals surface area contributed by atoms with E-state index in [1.54, 1.807) is 0 Å². The van der Waals surface area contributed by atoms with Gasteiger partial charge >= 0.3 is 0 Å². The van der Waals surface area contributed by atoms with Gasteiger partial charge in [0, 0.05) is 0 Å². The molecule has 1 atom stereocenters. The molecular formula is C11H18. The summed E-state index contributed by atoms with van der Waals surface area (Å²) in [7, 11) is 0. The molecule has 0 heteroatoms. The normalized spacial score (nSPS) is 24.5. The Morgan fingerprint density at radius 1 is 1.45 bits per heavy atom. The van der Waals surface area contributed by atoms with Crippen LogP contribution >= 0.6 is 0 Å². The van der Waals surface area contributed by atoms with E-state index in [1.165, 1.54) is 31.3 Å². The molecule has 0 aromatic carbocycles. The zero-order valence-corrected chi connectivity index (χ0v) is 7.64. The molecule has 62 valence electrons. The van der Waals surface area contributed by atoms with Gasteiger partial charge in [-0.25, -0.2) is 0 Å². The summed E-state index contributed by atoms with van der Waals surface area (Å²) >= 11 is 0. The Balaban J connectivity index is 2.53. The van der Waals surface area contributed by atoms with Crippen molar-refractivity contribution in [1.82, 2.24) is 0 Å². The Bertz CT molecular complexity index is 163. The average Bonchev–Trinajstić information content (AvgIpc) is 2.28. The van der Waals surface area contributed by atoms with Gasteiger partial charge in [0.25, 0.3) is 0 Å². The highest BCUT2D eigenvalue weighted by Gasteiger charge is 2.03. The smallest absolute Gasteiger partial charge is 0.0230 e. The first-order chi connectivity index (χ1) is 5.36. The molecule has 1 aliphatic rings. The van der Waals surface area contributed by atoms with Gasteiger partial charge in [-0.05, 0) is 31.6 Å². The molecule has 0 N–H and O–H groups in total. The van der Waals surface area contributed by atoms with Gasteiger partial charge in [-0.15, -0.1) is 0 Å². The summed E-state index contributed by atoms with van der Waals surface area (Å²) in [5.41, 5.74) is 1.51. The van der Waals surface area contributed by atoms with Gasteiger partial charge in [-0.3, -0.25) is 0 Å². The monoisotopic (exact) mass is 150 g/mol. The van der Waals surface area contributed by atoms with E-state index in [9.17, 15) is 0 Å². The number of hydrogen-bond donors (Lipinski definition) is 0. The van der Waals surface area contributed by atoms with E-state index < -0.39 is 0 Å². The first-order valence-electron chi connectivity index (χ1n) is 4.74. The van der Waals surface area contributed by atoms with Crippen molar-refractivity contribution in [2.45, 2.75) is 39.5 Å². The van der Waals surface area contributed by atoms with Gasteiger partial charge in [0.2, 0.25) is 0 Å². The van der Waals surface area contributed by atoms with Gasteiger partial charge in [-0.2, -0.15) is 0 Å². The predicted molar refractivity (Wildman–Crippen MR) is 50.5 cm³/mol. The molecule has 0 nitrogen and oxygen atoms in total. The van der Waals surface area contributed by atoms with E-state index in [1.807, 2.05) is 0 Å². The molecule has 0 aromatic rings. The fourth-order valence-electron chi connectivity index (χ4n) is 1.51. The lowest BCUT2D eigenvalue weighted by Crippen LogP contribution is -1.90.